The number of furan rings is 1. The van der Waals surface area contributed by atoms with Gasteiger partial charge < -0.3 is 9.32 Å². The minimum Gasteiger partial charge on any atom is -0.456 e. The third kappa shape index (κ3) is 7.11. The van der Waals surface area contributed by atoms with Gasteiger partial charge in [-0.15, -0.1) is 0 Å². The normalized spacial score (nSPS) is 11.1. The van der Waals surface area contributed by atoms with E-state index in [4.69, 9.17) is 4.42 Å². The highest BCUT2D eigenvalue weighted by Crippen LogP contribution is 2.39. The Bertz CT molecular complexity index is 2880. The van der Waals surface area contributed by atoms with E-state index in [1.165, 1.54) is 55.6 Å². The van der Waals surface area contributed by atoms with Crippen LogP contribution in [0.5, 0.6) is 0 Å². The van der Waals surface area contributed by atoms with Crippen LogP contribution in [0.3, 0.4) is 0 Å². The number of fused-ring (bicyclic) bond motifs is 1. The molecular formula is C56H39NO. The summed E-state index contributed by atoms with van der Waals surface area (Å²) in [5.74, 6) is 0.863. The van der Waals surface area contributed by atoms with Gasteiger partial charge in [-0.2, -0.15) is 0 Å². The third-order valence-electron chi connectivity index (χ3n) is 11.0. The highest BCUT2D eigenvalue weighted by atomic mass is 16.3. The van der Waals surface area contributed by atoms with Gasteiger partial charge >= 0.3 is 0 Å². The Morgan fingerprint density at radius 2 is 0.517 bits per heavy atom. The van der Waals surface area contributed by atoms with E-state index in [-0.39, 0.29) is 0 Å². The van der Waals surface area contributed by atoms with Crippen LogP contribution in [0, 0.1) is 0 Å². The zero-order chi connectivity index (χ0) is 38.7. The lowest BCUT2D eigenvalue weighted by molar-refractivity contribution is 0.631. The minimum absolute atomic E-state index is 0.863. The number of para-hydroxylation sites is 1. The molecule has 10 rings (SSSR count). The fraction of sp³-hybridized carbons (Fsp3) is 0. The molecule has 0 aliphatic rings. The summed E-state index contributed by atoms with van der Waals surface area (Å²) < 4.78 is 6.21. The Morgan fingerprint density at radius 3 is 0.862 bits per heavy atom. The Balaban J connectivity index is 0.934. The molecule has 58 heavy (non-hydrogen) atoms. The van der Waals surface area contributed by atoms with Crippen LogP contribution in [0.25, 0.3) is 77.9 Å². The van der Waals surface area contributed by atoms with Crippen LogP contribution in [0.2, 0.25) is 0 Å². The SMILES string of the molecule is c1ccc(-c2ccc(-c3ccc(-c4ccc(N(c5ccc(-c6ccc(-c7ccccc7)cc6)cc5)c5ccc(-c6cc7ccccc7o6)cc5)cc4)cc3)cc2)cc1. The zero-order valence-electron chi connectivity index (χ0n) is 31.9. The quantitative estimate of drug-likeness (QED) is 0.146. The standard InChI is InChI=1S/C56H39NO/c1-3-9-40(10-4-1)42-15-19-44(20-16-42)45-23-25-47(26-24-45)49-29-35-53(36-30-49)57(54-37-31-50(32-38-54)56-39-51-13-7-8-14-55(51)58-56)52-33-27-48(28-34-52)46-21-17-43(18-22-46)41-11-5-2-6-12-41/h1-39H. The van der Waals surface area contributed by atoms with E-state index in [1.54, 1.807) is 0 Å². The molecule has 0 saturated carbocycles. The Morgan fingerprint density at radius 1 is 0.241 bits per heavy atom. The molecule has 0 N–H and O–H groups in total. The van der Waals surface area contributed by atoms with Crippen molar-refractivity contribution in [1.29, 1.82) is 0 Å². The van der Waals surface area contributed by atoms with E-state index in [0.29, 0.717) is 0 Å². The second-order valence-electron chi connectivity index (χ2n) is 14.6. The highest BCUT2D eigenvalue weighted by molar-refractivity contribution is 5.85. The van der Waals surface area contributed by atoms with Crippen LogP contribution in [0.1, 0.15) is 0 Å². The van der Waals surface area contributed by atoms with Crippen LogP contribution in [0.15, 0.2) is 241 Å². The summed E-state index contributed by atoms with van der Waals surface area (Å²) in [5.41, 5.74) is 17.2. The predicted octanol–water partition coefficient (Wildman–Crippen LogP) is 15.9. The summed E-state index contributed by atoms with van der Waals surface area (Å²) in [6.07, 6.45) is 0. The topological polar surface area (TPSA) is 16.4 Å². The van der Waals surface area contributed by atoms with Gasteiger partial charge in [0.15, 0.2) is 0 Å². The maximum Gasteiger partial charge on any atom is 0.135 e. The molecule has 9 aromatic carbocycles. The van der Waals surface area contributed by atoms with Crippen molar-refractivity contribution in [3.8, 4) is 67.0 Å². The van der Waals surface area contributed by atoms with Crippen LogP contribution >= 0.6 is 0 Å². The van der Waals surface area contributed by atoms with Crippen molar-refractivity contribution in [1.82, 2.24) is 0 Å². The van der Waals surface area contributed by atoms with Gasteiger partial charge in [0.05, 0.1) is 0 Å². The summed E-state index contributed by atoms with van der Waals surface area (Å²) in [7, 11) is 0. The van der Waals surface area contributed by atoms with Crippen molar-refractivity contribution in [2.75, 3.05) is 4.90 Å². The molecule has 0 radical (unpaired) electrons. The van der Waals surface area contributed by atoms with Gasteiger partial charge in [0.1, 0.15) is 11.3 Å². The smallest absolute Gasteiger partial charge is 0.135 e. The summed E-state index contributed by atoms with van der Waals surface area (Å²) in [6, 6.07) is 84.2. The molecule has 0 fully saturated rings. The van der Waals surface area contributed by atoms with Gasteiger partial charge in [-0.25, -0.2) is 0 Å². The molecule has 0 aliphatic carbocycles. The maximum absolute atomic E-state index is 6.21. The predicted molar refractivity (Wildman–Crippen MR) is 244 cm³/mol. The first kappa shape index (κ1) is 34.8. The second kappa shape index (κ2) is 15.5. The van der Waals surface area contributed by atoms with E-state index in [1.807, 2.05) is 18.2 Å². The number of hydrogen-bond acceptors (Lipinski definition) is 2. The highest BCUT2D eigenvalue weighted by Gasteiger charge is 2.15. The van der Waals surface area contributed by atoms with E-state index in [0.717, 1.165) is 39.4 Å². The molecule has 2 nitrogen and oxygen atoms in total. The first-order valence-electron chi connectivity index (χ1n) is 19.7. The molecule has 0 saturated heterocycles. The largest absolute Gasteiger partial charge is 0.456 e. The molecule has 1 aromatic heterocycles. The van der Waals surface area contributed by atoms with Crippen molar-refractivity contribution in [3.63, 3.8) is 0 Å². The number of hydrogen-bond donors (Lipinski definition) is 0. The van der Waals surface area contributed by atoms with Crippen molar-refractivity contribution in [2.24, 2.45) is 0 Å². The fourth-order valence-corrected chi connectivity index (χ4v) is 7.78. The Labute approximate surface area is 339 Å². The molecular weight excluding hydrogens is 703 g/mol. The van der Waals surface area contributed by atoms with Gasteiger partial charge in [-0.1, -0.05) is 176 Å². The van der Waals surface area contributed by atoms with Crippen molar-refractivity contribution in [3.05, 3.63) is 237 Å². The fourth-order valence-electron chi connectivity index (χ4n) is 7.78. The second-order valence-corrected chi connectivity index (χ2v) is 14.6. The molecule has 1 heterocycles. The molecule has 2 heteroatoms. The number of nitrogens with zero attached hydrogens (tertiary/aromatic N) is 1. The number of benzene rings is 9. The summed E-state index contributed by atoms with van der Waals surface area (Å²) in [4.78, 5) is 2.32. The molecule has 0 atom stereocenters. The average molecular weight is 742 g/mol. The Kier molecular flexibility index (Phi) is 9.27. The minimum atomic E-state index is 0.863. The number of rotatable bonds is 9. The van der Waals surface area contributed by atoms with Crippen molar-refractivity contribution < 1.29 is 4.42 Å². The van der Waals surface area contributed by atoms with Gasteiger partial charge in [0.2, 0.25) is 0 Å². The van der Waals surface area contributed by atoms with Crippen LogP contribution in [0.4, 0.5) is 17.1 Å². The third-order valence-corrected chi connectivity index (χ3v) is 11.0. The lowest BCUT2D eigenvalue weighted by Crippen LogP contribution is -2.09. The van der Waals surface area contributed by atoms with E-state index in [9.17, 15) is 0 Å². The molecule has 274 valence electrons. The lowest BCUT2D eigenvalue weighted by Gasteiger charge is -2.26. The molecule has 0 unspecified atom stereocenters. The van der Waals surface area contributed by atoms with Crippen LogP contribution in [-0.2, 0) is 0 Å². The Hall–Kier alpha value is -7.68. The van der Waals surface area contributed by atoms with Gasteiger partial charge in [0.25, 0.3) is 0 Å². The monoisotopic (exact) mass is 741 g/mol. The molecule has 0 bridgehead atoms. The van der Waals surface area contributed by atoms with Gasteiger partial charge in [0, 0.05) is 28.0 Å². The van der Waals surface area contributed by atoms with Crippen molar-refractivity contribution >= 4 is 28.0 Å². The van der Waals surface area contributed by atoms with E-state index >= 15 is 0 Å². The first-order valence-corrected chi connectivity index (χ1v) is 19.7. The molecule has 0 amide bonds. The summed E-state index contributed by atoms with van der Waals surface area (Å²) in [5, 5.41) is 1.10. The first-order chi connectivity index (χ1) is 28.7. The summed E-state index contributed by atoms with van der Waals surface area (Å²) in [6.45, 7) is 0. The zero-order valence-corrected chi connectivity index (χ0v) is 31.9. The van der Waals surface area contributed by atoms with Crippen LogP contribution < -0.4 is 4.90 Å². The molecule has 10 aromatic rings. The molecule has 0 spiro atoms. The summed E-state index contributed by atoms with van der Waals surface area (Å²) >= 11 is 0. The average Bonchev–Trinajstić information content (AvgIpc) is 3.75. The van der Waals surface area contributed by atoms with Gasteiger partial charge in [-0.05, 0) is 116 Å². The molecule has 0 aliphatic heterocycles. The van der Waals surface area contributed by atoms with Crippen molar-refractivity contribution in [2.45, 2.75) is 0 Å². The van der Waals surface area contributed by atoms with Crippen LogP contribution in [-0.4, -0.2) is 0 Å². The van der Waals surface area contributed by atoms with E-state index in [2.05, 4.69) is 223 Å². The number of anilines is 3. The van der Waals surface area contributed by atoms with E-state index < -0.39 is 0 Å². The lowest BCUT2D eigenvalue weighted by atomic mass is 9.98. The maximum atomic E-state index is 6.21. The van der Waals surface area contributed by atoms with Gasteiger partial charge in [-0.3, -0.25) is 0 Å².